The van der Waals surface area contributed by atoms with Gasteiger partial charge in [-0.25, -0.2) is 0 Å². The molecule has 2 heteroatoms. The van der Waals surface area contributed by atoms with E-state index in [4.69, 9.17) is 4.42 Å². The molecule has 0 bridgehead atoms. The SMILES string of the molecule is Cc1occc1C(O)Cc1ccc(C(C)C)cc1. The summed E-state index contributed by atoms with van der Waals surface area (Å²) in [5.74, 6) is 1.33. The van der Waals surface area contributed by atoms with Crippen LogP contribution in [0.15, 0.2) is 41.0 Å². The van der Waals surface area contributed by atoms with Crippen molar-refractivity contribution < 1.29 is 9.52 Å². The van der Waals surface area contributed by atoms with Crippen LogP contribution in [0.5, 0.6) is 0 Å². The van der Waals surface area contributed by atoms with Gasteiger partial charge in [0.15, 0.2) is 0 Å². The molecule has 1 unspecified atom stereocenters. The highest BCUT2D eigenvalue weighted by molar-refractivity contribution is 5.27. The minimum absolute atomic E-state index is 0.492. The normalized spacial score (nSPS) is 12.9. The highest BCUT2D eigenvalue weighted by atomic mass is 16.3. The van der Waals surface area contributed by atoms with E-state index in [-0.39, 0.29) is 0 Å². The van der Waals surface area contributed by atoms with Crippen molar-refractivity contribution in [2.24, 2.45) is 0 Å². The lowest BCUT2D eigenvalue weighted by atomic mass is 9.98. The Morgan fingerprint density at radius 1 is 1.11 bits per heavy atom. The van der Waals surface area contributed by atoms with Crippen LogP contribution in [0.1, 0.15) is 48.3 Å². The maximum absolute atomic E-state index is 10.2. The summed E-state index contributed by atoms with van der Waals surface area (Å²) in [6.45, 7) is 6.23. The predicted molar refractivity (Wildman–Crippen MR) is 72.6 cm³/mol. The van der Waals surface area contributed by atoms with Crippen LogP contribution in [0.3, 0.4) is 0 Å². The molecule has 1 heterocycles. The van der Waals surface area contributed by atoms with Gasteiger partial charge in [-0.15, -0.1) is 0 Å². The Morgan fingerprint density at radius 3 is 2.28 bits per heavy atom. The van der Waals surface area contributed by atoms with Crippen molar-refractivity contribution in [2.45, 2.75) is 39.2 Å². The van der Waals surface area contributed by atoms with Crippen LogP contribution in [0.4, 0.5) is 0 Å². The van der Waals surface area contributed by atoms with Gasteiger partial charge in [0.25, 0.3) is 0 Å². The molecule has 0 spiro atoms. The molecular formula is C16H20O2. The first-order valence-electron chi connectivity index (χ1n) is 6.39. The standard InChI is InChI=1S/C16H20O2/c1-11(2)14-6-4-13(5-7-14)10-16(17)15-8-9-18-12(15)3/h4-9,11,16-17H,10H2,1-3H3. The van der Waals surface area contributed by atoms with E-state index in [1.807, 2.05) is 13.0 Å². The summed E-state index contributed by atoms with van der Waals surface area (Å²) in [5.41, 5.74) is 3.35. The Morgan fingerprint density at radius 2 is 1.78 bits per heavy atom. The van der Waals surface area contributed by atoms with E-state index in [1.54, 1.807) is 6.26 Å². The van der Waals surface area contributed by atoms with Crippen LogP contribution in [0.25, 0.3) is 0 Å². The fraction of sp³-hybridized carbons (Fsp3) is 0.375. The highest BCUT2D eigenvalue weighted by Gasteiger charge is 2.13. The van der Waals surface area contributed by atoms with Crippen molar-refractivity contribution in [2.75, 3.05) is 0 Å². The Hall–Kier alpha value is -1.54. The zero-order valence-electron chi connectivity index (χ0n) is 11.2. The van der Waals surface area contributed by atoms with Crippen LogP contribution in [0, 0.1) is 6.92 Å². The van der Waals surface area contributed by atoms with Crippen LogP contribution in [-0.4, -0.2) is 5.11 Å². The monoisotopic (exact) mass is 244 g/mol. The molecule has 1 aromatic carbocycles. The zero-order valence-corrected chi connectivity index (χ0v) is 11.2. The van der Waals surface area contributed by atoms with E-state index in [9.17, 15) is 5.11 Å². The van der Waals surface area contributed by atoms with Gasteiger partial charge in [-0.05, 0) is 30.0 Å². The summed E-state index contributed by atoms with van der Waals surface area (Å²) >= 11 is 0. The summed E-state index contributed by atoms with van der Waals surface area (Å²) in [5, 5.41) is 10.2. The molecule has 18 heavy (non-hydrogen) atoms. The van der Waals surface area contributed by atoms with Crippen molar-refractivity contribution in [3.63, 3.8) is 0 Å². The fourth-order valence-electron chi connectivity index (χ4n) is 2.11. The topological polar surface area (TPSA) is 33.4 Å². The van der Waals surface area contributed by atoms with E-state index in [2.05, 4.69) is 38.1 Å². The van der Waals surface area contributed by atoms with Crippen LogP contribution in [-0.2, 0) is 6.42 Å². The molecule has 0 aliphatic rings. The lowest BCUT2D eigenvalue weighted by Gasteiger charge is -2.11. The Kier molecular flexibility index (Phi) is 3.87. The summed E-state index contributed by atoms with van der Waals surface area (Å²) in [6.07, 6.45) is 1.75. The molecule has 2 nitrogen and oxygen atoms in total. The van der Waals surface area contributed by atoms with E-state index in [1.165, 1.54) is 5.56 Å². The number of aryl methyl sites for hydroxylation is 1. The van der Waals surface area contributed by atoms with Gasteiger partial charge >= 0.3 is 0 Å². The number of aliphatic hydroxyl groups excluding tert-OH is 1. The van der Waals surface area contributed by atoms with Crippen molar-refractivity contribution in [1.29, 1.82) is 0 Å². The molecule has 0 radical (unpaired) electrons. The third kappa shape index (κ3) is 2.82. The molecule has 1 atom stereocenters. The molecule has 1 N–H and O–H groups in total. The summed E-state index contributed by atoms with van der Waals surface area (Å²) < 4.78 is 5.21. The lowest BCUT2D eigenvalue weighted by Crippen LogP contribution is -2.02. The summed E-state index contributed by atoms with van der Waals surface area (Å²) in [7, 11) is 0. The first-order chi connectivity index (χ1) is 8.58. The van der Waals surface area contributed by atoms with Gasteiger partial charge < -0.3 is 9.52 Å². The maximum Gasteiger partial charge on any atom is 0.106 e. The summed E-state index contributed by atoms with van der Waals surface area (Å²) in [4.78, 5) is 0. The average Bonchev–Trinajstić information content (AvgIpc) is 2.76. The second-order valence-corrected chi connectivity index (χ2v) is 5.05. The van der Waals surface area contributed by atoms with Crippen LogP contribution in [0.2, 0.25) is 0 Å². The maximum atomic E-state index is 10.2. The van der Waals surface area contributed by atoms with Crippen molar-refractivity contribution in [1.82, 2.24) is 0 Å². The predicted octanol–water partition coefficient (Wildman–Crippen LogP) is 3.99. The van der Waals surface area contributed by atoms with Crippen molar-refractivity contribution in [3.8, 4) is 0 Å². The minimum atomic E-state index is -0.492. The van der Waals surface area contributed by atoms with E-state index in [0.717, 1.165) is 16.9 Å². The lowest BCUT2D eigenvalue weighted by molar-refractivity contribution is 0.176. The second-order valence-electron chi connectivity index (χ2n) is 5.05. The molecule has 0 amide bonds. The van der Waals surface area contributed by atoms with Gasteiger partial charge in [0, 0.05) is 12.0 Å². The van der Waals surface area contributed by atoms with Crippen LogP contribution < -0.4 is 0 Å². The van der Waals surface area contributed by atoms with Gasteiger partial charge in [-0.3, -0.25) is 0 Å². The number of hydrogen-bond acceptors (Lipinski definition) is 2. The quantitative estimate of drug-likeness (QED) is 0.882. The zero-order chi connectivity index (χ0) is 13.1. The molecular weight excluding hydrogens is 224 g/mol. The smallest absolute Gasteiger partial charge is 0.106 e. The minimum Gasteiger partial charge on any atom is -0.469 e. The molecule has 2 rings (SSSR count). The van der Waals surface area contributed by atoms with E-state index < -0.39 is 6.10 Å². The molecule has 96 valence electrons. The van der Waals surface area contributed by atoms with Crippen molar-refractivity contribution in [3.05, 3.63) is 59.0 Å². The molecule has 0 aliphatic heterocycles. The van der Waals surface area contributed by atoms with E-state index >= 15 is 0 Å². The Labute approximate surface area is 108 Å². The molecule has 1 aromatic heterocycles. The molecule has 0 aliphatic carbocycles. The number of hydrogen-bond donors (Lipinski definition) is 1. The van der Waals surface area contributed by atoms with Gasteiger partial charge in [0.1, 0.15) is 5.76 Å². The number of aliphatic hydroxyl groups is 1. The van der Waals surface area contributed by atoms with Gasteiger partial charge in [-0.2, -0.15) is 0 Å². The molecule has 0 saturated heterocycles. The van der Waals surface area contributed by atoms with Crippen molar-refractivity contribution >= 4 is 0 Å². The molecule has 0 fully saturated rings. The summed E-state index contributed by atoms with van der Waals surface area (Å²) in [6, 6.07) is 10.3. The number of rotatable bonds is 4. The van der Waals surface area contributed by atoms with Gasteiger partial charge in [0.05, 0.1) is 12.4 Å². The fourth-order valence-corrected chi connectivity index (χ4v) is 2.11. The van der Waals surface area contributed by atoms with Crippen LogP contribution >= 0.6 is 0 Å². The van der Waals surface area contributed by atoms with Gasteiger partial charge in [-0.1, -0.05) is 38.1 Å². The third-order valence-electron chi connectivity index (χ3n) is 3.33. The second kappa shape index (κ2) is 5.40. The molecule has 0 saturated carbocycles. The third-order valence-corrected chi connectivity index (χ3v) is 3.33. The Balaban J connectivity index is 2.08. The van der Waals surface area contributed by atoms with Gasteiger partial charge in [0.2, 0.25) is 0 Å². The Bertz CT molecular complexity index is 494. The number of furan rings is 1. The largest absolute Gasteiger partial charge is 0.469 e. The highest BCUT2D eigenvalue weighted by Crippen LogP contribution is 2.23. The van der Waals surface area contributed by atoms with E-state index in [0.29, 0.717) is 12.3 Å². The number of benzene rings is 1. The average molecular weight is 244 g/mol. The first kappa shape index (κ1) is 12.9. The molecule has 2 aromatic rings. The first-order valence-corrected chi connectivity index (χ1v) is 6.39.